The maximum atomic E-state index is 5.59. The highest BCUT2D eigenvalue weighted by molar-refractivity contribution is 5.20. The van der Waals surface area contributed by atoms with Crippen molar-refractivity contribution in [2.45, 2.75) is 52.5 Å². The maximum Gasteiger partial charge on any atom is 0.213 e. The van der Waals surface area contributed by atoms with E-state index in [4.69, 9.17) is 4.74 Å². The van der Waals surface area contributed by atoms with Gasteiger partial charge in [-0.25, -0.2) is 4.98 Å². The maximum absolute atomic E-state index is 5.59. The van der Waals surface area contributed by atoms with Crippen molar-refractivity contribution in [3.05, 3.63) is 23.9 Å². The van der Waals surface area contributed by atoms with Crippen LogP contribution in [0.15, 0.2) is 18.3 Å². The second-order valence-corrected chi connectivity index (χ2v) is 4.66. The highest BCUT2D eigenvalue weighted by atomic mass is 16.5. The van der Waals surface area contributed by atoms with Crippen molar-refractivity contribution in [1.82, 2.24) is 10.3 Å². The molecule has 0 aliphatic rings. The van der Waals surface area contributed by atoms with Gasteiger partial charge in [-0.2, -0.15) is 0 Å². The lowest BCUT2D eigenvalue weighted by atomic mass is 10.1. The van der Waals surface area contributed by atoms with Crippen LogP contribution in [0.3, 0.4) is 0 Å². The number of hydrogen-bond acceptors (Lipinski definition) is 3. The number of unbranched alkanes of at least 4 members (excludes halogenated alkanes) is 2. The molecular formula is C15H26N2O. The largest absolute Gasteiger partial charge is 0.478 e. The van der Waals surface area contributed by atoms with Gasteiger partial charge in [-0.05, 0) is 31.9 Å². The molecule has 0 aromatic carbocycles. The fraction of sp³-hybridized carbons (Fsp3) is 0.667. The second kappa shape index (κ2) is 8.92. The van der Waals surface area contributed by atoms with Crippen molar-refractivity contribution < 1.29 is 4.74 Å². The molecule has 0 spiro atoms. The Morgan fingerprint density at radius 1 is 1.22 bits per heavy atom. The summed E-state index contributed by atoms with van der Waals surface area (Å²) < 4.78 is 5.59. The first-order chi connectivity index (χ1) is 8.77. The Morgan fingerprint density at radius 2 is 2.06 bits per heavy atom. The van der Waals surface area contributed by atoms with Crippen molar-refractivity contribution in [2.75, 3.05) is 13.2 Å². The van der Waals surface area contributed by atoms with Crippen LogP contribution in [0.1, 0.15) is 58.1 Å². The highest BCUT2D eigenvalue weighted by Gasteiger charge is 2.04. The van der Waals surface area contributed by atoms with E-state index in [0.717, 1.165) is 31.9 Å². The summed E-state index contributed by atoms with van der Waals surface area (Å²) in [5, 5.41) is 3.45. The van der Waals surface area contributed by atoms with E-state index < -0.39 is 0 Å². The topological polar surface area (TPSA) is 34.1 Å². The molecule has 0 amide bonds. The summed E-state index contributed by atoms with van der Waals surface area (Å²) in [6.07, 6.45) is 6.60. The number of pyridine rings is 1. The van der Waals surface area contributed by atoms with Gasteiger partial charge in [0.2, 0.25) is 5.88 Å². The lowest BCUT2D eigenvalue weighted by molar-refractivity contribution is 0.294. The first kappa shape index (κ1) is 15.0. The molecule has 3 nitrogen and oxygen atoms in total. The third-order valence-electron chi connectivity index (χ3n) is 2.96. The summed E-state index contributed by atoms with van der Waals surface area (Å²) in [5.41, 5.74) is 1.21. The van der Waals surface area contributed by atoms with Crippen LogP contribution in [0.4, 0.5) is 0 Å². The minimum atomic E-state index is 0.353. The first-order valence-corrected chi connectivity index (χ1v) is 7.10. The Bertz CT molecular complexity index is 311. The Hall–Kier alpha value is -1.09. The van der Waals surface area contributed by atoms with Gasteiger partial charge in [0.15, 0.2) is 0 Å². The molecule has 1 N–H and O–H groups in total. The third-order valence-corrected chi connectivity index (χ3v) is 2.96. The Balaban J connectivity index is 2.37. The number of nitrogens with one attached hydrogen (secondary N) is 1. The van der Waals surface area contributed by atoms with Crippen molar-refractivity contribution >= 4 is 0 Å². The second-order valence-electron chi connectivity index (χ2n) is 4.66. The van der Waals surface area contributed by atoms with Crippen LogP contribution in [-0.4, -0.2) is 18.1 Å². The molecule has 1 atom stereocenters. The highest BCUT2D eigenvalue weighted by Crippen LogP contribution is 2.14. The summed E-state index contributed by atoms with van der Waals surface area (Å²) in [4.78, 5) is 4.34. The van der Waals surface area contributed by atoms with E-state index >= 15 is 0 Å². The summed E-state index contributed by atoms with van der Waals surface area (Å²) >= 11 is 0. The molecule has 0 fully saturated rings. The van der Waals surface area contributed by atoms with E-state index in [-0.39, 0.29) is 0 Å². The van der Waals surface area contributed by atoms with Gasteiger partial charge in [0.25, 0.3) is 0 Å². The first-order valence-electron chi connectivity index (χ1n) is 7.10. The van der Waals surface area contributed by atoms with Crippen molar-refractivity contribution in [3.63, 3.8) is 0 Å². The van der Waals surface area contributed by atoms with E-state index in [0.29, 0.717) is 6.04 Å². The standard InChI is InChI=1S/C15H26N2O/c1-4-6-7-11-18-15-9-8-14(12-17-15)13(3)16-10-5-2/h8-9,12-13,16H,4-7,10-11H2,1-3H3. The number of ether oxygens (including phenoxy) is 1. The van der Waals surface area contributed by atoms with Crippen molar-refractivity contribution in [3.8, 4) is 5.88 Å². The Labute approximate surface area is 111 Å². The van der Waals surface area contributed by atoms with Gasteiger partial charge in [0, 0.05) is 18.3 Å². The molecule has 0 saturated heterocycles. The van der Waals surface area contributed by atoms with E-state index in [2.05, 4.69) is 37.1 Å². The molecule has 1 rings (SSSR count). The smallest absolute Gasteiger partial charge is 0.213 e. The van der Waals surface area contributed by atoms with Crippen molar-refractivity contribution in [2.24, 2.45) is 0 Å². The van der Waals surface area contributed by atoms with E-state index in [1.807, 2.05) is 12.3 Å². The number of aromatic nitrogens is 1. The summed E-state index contributed by atoms with van der Waals surface area (Å²) in [6, 6.07) is 4.41. The monoisotopic (exact) mass is 250 g/mol. The molecular weight excluding hydrogens is 224 g/mol. The van der Waals surface area contributed by atoms with Crippen LogP contribution in [-0.2, 0) is 0 Å². The van der Waals surface area contributed by atoms with Gasteiger partial charge >= 0.3 is 0 Å². The average Bonchev–Trinajstić information content (AvgIpc) is 2.41. The molecule has 0 aliphatic heterocycles. The molecule has 0 radical (unpaired) electrons. The van der Waals surface area contributed by atoms with Crippen LogP contribution >= 0.6 is 0 Å². The van der Waals surface area contributed by atoms with E-state index in [1.54, 1.807) is 0 Å². The molecule has 18 heavy (non-hydrogen) atoms. The molecule has 0 saturated carbocycles. The van der Waals surface area contributed by atoms with Crippen LogP contribution in [0.5, 0.6) is 5.88 Å². The molecule has 0 aliphatic carbocycles. The predicted molar refractivity (Wildman–Crippen MR) is 76.0 cm³/mol. The van der Waals surface area contributed by atoms with Crippen LogP contribution < -0.4 is 10.1 Å². The third kappa shape index (κ3) is 5.50. The minimum absolute atomic E-state index is 0.353. The fourth-order valence-corrected chi connectivity index (χ4v) is 1.74. The van der Waals surface area contributed by atoms with E-state index in [9.17, 15) is 0 Å². The fourth-order valence-electron chi connectivity index (χ4n) is 1.74. The quantitative estimate of drug-likeness (QED) is 0.678. The lowest BCUT2D eigenvalue weighted by Gasteiger charge is -2.13. The number of hydrogen-bond donors (Lipinski definition) is 1. The summed E-state index contributed by atoms with van der Waals surface area (Å²) in [5.74, 6) is 0.734. The SMILES string of the molecule is CCCCCOc1ccc(C(C)NCCC)cn1. The zero-order valence-electron chi connectivity index (χ0n) is 11.9. The summed E-state index contributed by atoms with van der Waals surface area (Å²) in [6.45, 7) is 8.33. The van der Waals surface area contributed by atoms with Gasteiger partial charge in [-0.3, -0.25) is 0 Å². The van der Waals surface area contributed by atoms with Crippen LogP contribution in [0.25, 0.3) is 0 Å². The zero-order valence-corrected chi connectivity index (χ0v) is 11.9. The van der Waals surface area contributed by atoms with E-state index in [1.165, 1.54) is 18.4 Å². The van der Waals surface area contributed by atoms with Crippen molar-refractivity contribution in [1.29, 1.82) is 0 Å². The number of nitrogens with zero attached hydrogens (tertiary/aromatic N) is 1. The molecule has 1 aromatic rings. The average molecular weight is 250 g/mol. The zero-order chi connectivity index (χ0) is 13.2. The lowest BCUT2D eigenvalue weighted by Crippen LogP contribution is -2.19. The van der Waals surface area contributed by atoms with Gasteiger partial charge < -0.3 is 10.1 Å². The normalized spacial score (nSPS) is 12.4. The van der Waals surface area contributed by atoms with Crippen LogP contribution in [0.2, 0.25) is 0 Å². The molecule has 0 bridgehead atoms. The van der Waals surface area contributed by atoms with Gasteiger partial charge in [-0.15, -0.1) is 0 Å². The number of rotatable bonds is 9. The molecule has 1 unspecified atom stereocenters. The molecule has 102 valence electrons. The van der Waals surface area contributed by atoms with Gasteiger partial charge in [0.1, 0.15) is 0 Å². The molecule has 3 heteroatoms. The Kier molecular flexibility index (Phi) is 7.42. The van der Waals surface area contributed by atoms with Crippen LogP contribution in [0, 0.1) is 0 Å². The van der Waals surface area contributed by atoms with Gasteiger partial charge in [-0.1, -0.05) is 32.8 Å². The predicted octanol–water partition coefficient (Wildman–Crippen LogP) is 3.71. The minimum Gasteiger partial charge on any atom is -0.478 e. The Morgan fingerprint density at radius 3 is 2.67 bits per heavy atom. The molecule has 1 aromatic heterocycles. The van der Waals surface area contributed by atoms with Gasteiger partial charge in [0.05, 0.1) is 6.61 Å². The molecule has 1 heterocycles. The summed E-state index contributed by atoms with van der Waals surface area (Å²) in [7, 11) is 0.